The lowest BCUT2D eigenvalue weighted by Crippen LogP contribution is -2.25. The lowest BCUT2D eigenvalue weighted by atomic mass is 10.1. The first-order valence-corrected chi connectivity index (χ1v) is 8.70. The Hall–Kier alpha value is -2.44. The fourth-order valence-electron chi connectivity index (χ4n) is 3.10. The van der Waals surface area contributed by atoms with Crippen molar-refractivity contribution in [3.63, 3.8) is 0 Å². The molecule has 5 nitrogen and oxygen atoms in total. The lowest BCUT2D eigenvalue weighted by Gasteiger charge is -2.16. The molecule has 0 saturated heterocycles. The van der Waals surface area contributed by atoms with E-state index in [0.29, 0.717) is 5.56 Å². The molecule has 3 heterocycles. The Morgan fingerprint density at radius 2 is 2.17 bits per heavy atom. The van der Waals surface area contributed by atoms with Gasteiger partial charge in [0.1, 0.15) is 5.69 Å². The second-order valence-corrected chi connectivity index (χ2v) is 6.55. The maximum Gasteiger partial charge on any atom is 0.340 e. The number of carbonyl (C=O) groups is 1. The van der Waals surface area contributed by atoms with E-state index in [1.807, 2.05) is 28.9 Å². The first kappa shape index (κ1) is 15.1. The average molecular weight is 339 g/mol. The number of rotatable bonds is 3. The number of nitrogens with zero attached hydrogens (tertiary/aromatic N) is 2. The number of fused-ring (bicyclic) bond motifs is 1. The van der Waals surface area contributed by atoms with Crippen LogP contribution >= 0.6 is 11.3 Å². The van der Waals surface area contributed by atoms with Crippen molar-refractivity contribution in [2.45, 2.75) is 13.0 Å². The van der Waals surface area contributed by atoms with Gasteiger partial charge in [-0.15, -0.1) is 11.3 Å². The molecule has 0 aliphatic carbocycles. The van der Waals surface area contributed by atoms with Crippen molar-refractivity contribution >= 4 is 17.3 Å². The van der Waals surface area contributed by atoms with Crippen molar-refractivity contribution in [2.24, 2.45) is 0 Å². The largest absolute Gasteiger partial charge is 0.465 e. The molecule has 0 radical (unpaired) electrons. The quantitative estimate of drug-likeness (QED) is 0.745. The number of carbonyl (C=O) groups excluding carboxylic acids is 1. The molecule has 122 valence electrons. The van der Waals surface area contributed by atoms with Gasteiger partial charge in [-0.1, -0.05) is 18.2 Å². The van der Waals surface area contributed by atoms with Crippen LogP contribution in [-0.2, 0) is 17.7 Å². The molecule has 0 atom stereocenters. The number of para-hydroxylation sites is 1. The summed E-state index contributed by atoms with van der Waals surface area (Å²) in [5, 5.41) is 10.3. The van der Waals surface area contributed by atoms with Gasteiger partial charge in [0.15, 0.2) is 0 Å². The van der Waals surface area contributed by atoms with Gasteiger partial charge in [-0.05, 0) is 23.6 Å². The predicted molar refractivity (Wildman–Crippen MR) is 93.6 cm³/mol. The molecule has 1 N–H and O–H groups in total. The molecule has 6 heteroatoms. The summed E-state index contributed by atoms with van der Waals surface area (Å²) in [5.74, 6) is -0.346. The summed E-state index contributed by atoms with van der Waals surface area (Å²) in [6, 6.07) is 11.6. The second kappa shape index (κ2) is 6.22. The third-order valence-electron chi connectivity index (χ3n) is 4.22. The van der Waals surface area contributed by atoms with Crippen LogP contribution < -0.4 is 5.32 Å². The highest BCUT2D eigenvalue weighted by Crippen LogP contribution is 2.32. The summed E-state index contributed by atoms with van der Waals surface area (Å²) in [5.41, 5.74) is 4.66. The monoisotopic (exact) mass is 339 g/mol. The van der Waals surface area contributed by atoms with Gasteiger partial charge in [-0.2, -0.15) is 5.10 Å². The Morgan fingerprint density at radius 1 is 1.29 bits per heavy atom. The highest BCUT2D eigenvalue weighted by Gasteiger charge is 2.25. The zero-order valence-corrected chi connectivity index (χ0v) is 14.1. The van der Waals surface area contributed by atoms with Crippen molar-refractivity contribution in [1.82, 2.24) is 15.1 Å². The number of hydrogen-bond donors (Lipinski definition) is 1. The molecular weight excluding hydrogens is 322 g/mol. The van der Waals surface area contributed by atoms with Gasteiger partial charge in [-0.25, -0.2) is 9.48 Å². The normalized spacial score (nSPS) is 13.5. The Labute approximate surface area is 143 Å². The summed E-state index contributed by atoms with van der Waals surface area (Å²) < 4.78 is 6.85. The van der Waals surface area contributed by atoms with E-state index in [9.17, 15) is 4.79 Å². The zero-order valence-electron chi connectivity index (χ0n) is 13.3. The predicted octanol–water partition coefficient (Wildman–Crippen LogP) is 3.03. The number of esters is 1. The third kappa shape index (κ3) is 2.44. The molecule has 0 bridgehead atoms. The van der Waals surface area contributed by atoms with Crippen LogP contribution in [0.4, 0.5) is 0 Å². The maximum absolute atomic E-state index is 12.1. The number of thiophene rings is 1. The van der Waals surface area contributed by atoms with Crippen LogP contribution in [0, 0.1) is 0 Å². The van der Waals surface area contributed by atoms with Crippen LogP contribution in [0.1, 0.15) is 21.6 Å². The van der Waals surface area contributed by atoms with Gasteiger partial charge in [0, 0.05) is 25.1 Å². The molecular formula is C18H17N3O2S. The summed E-state index contributed by atoms with van der Waals surface area (Å²) in [6.07, 6.45) is 0.878. The molecule has 2 aromatic heterocycles. The van der Waals surface area contributed by atoms with Crippen LogP contribution in [0.25, 0.3) is 16.3 Å². The SMILES string of the molecule is COC(=O)c1ccccc1-n1nc(-c2cccs2)c2c1CCNC2. The molecule has 24 heavy (non-hydrogen) atoms. The standard InChI is InChI=1S/C18H17N3O2S/c1-23-18(22)12-5-2-3-6-14(12)21-15-8-9-19-11-13(15)17(20-21)16-7-4-10-24-16/h2-7,10,19H,8-9,11H2,1H3. The molecule has 1 aliphatic rings. The van der Waals surface area contributed by atoms with E-state index in [2.05, 4.69) is 16.8 Å². The Balaban J connectivity index is 1.93. The zero-order chi connectivity index (χ0) is 16.5. The molecule has 1 aliphatic heterocycles. The summed E-state index contributed by atoms with van der Waals surface area (Å²) in [4.78, 5) is 13.3. The number of benzene rings is 1. The van der Waals surface area contributed by atoms with Crippen molar-refractivity contribution in [2.75, 3.05) is 13.7 Å². The number of aromatic nitrogens is 2. The van der Waals surface area contributed by atoms with Gasteiger partial charge >= 0.3 is 5.97 Å². The molecule has 3 aromatic rings. The number of ether oxygens (including phenoxy) is 1. The van der Waals surface area contributed by atoms with Crippen molar-refractivity contribution in [1.29, 1.82) is 0 Å². The fourth-order valence-corrected chi connectivity index (χ4v) is 3.84. The van der Waals surface area contributed by atoms with E-state index in [4.69, 9.17) is 9.84 Å². The van der Waals surface area contributed by atoms with Crippen LogP contribution in [-0.4, -0.2) is 29.4 Å². The van der Waals surface area contributed by atoms with E-state index in [1.54, 1.807) is 17.4 Å². The van der Waals surface area contributed by atoms with Crippen LogP contribution in [0.15, 0.2) is 41.8 Å². The minimum Gasteiger partial charge on any atom is -0.465 e. The van der Waals surface area contributed by atoms with Crippen molar-refractivity contribution < 1.29 is 9.53 Å². The lowest BCUT2D eigenvalue weighted by molar-refractivity contribution is 0.0600. The highest BCUT2D eigenvalue weighted by atomic mass is 32.1. The number of nitrogens with one attached hydrogen (secondary N) is 1. The maximum atomic E-state index is 12.1. The molecule has 0 saturated carbocycles. The molecule has 0 fully saturated rings. The van der Waals surface area contributed by atoms with Crippen LogP contribution in [0.2, 0.25) is 0 Å². The Bertz CT molecular complexity index is 884. The smallest absolute Gasteiger partial charge is 0.340 e. The van der Waals surface area contributed by atoms with E-state index in [1.165, 1.54) is 12.7 Å². The number of hydrogen-bond acceptors (Lipinski definition) is 5. The highest BCUT2D eigenvalue weighted by molar-refractivity contribution is 7.13. The topological polar surface area (TPSA) is 56.2 Å². The van der Waals surface area contributed by atoms with Crippen LogP contribution in [0.5, 0.6) is 0 Å². The molecule has 0 spiro atoms. The molecule has 0 unspecified atom stereocenters. The Kier molecular flexibility index (Phi) is 3.92. The molecule has 4 rings (SSSR count). The van der Waals surface area contributed by atoms with Crippen molar-refractivity contribution in [3.05, 3.63) is 58.6 Å². The van der Waals surface area contributed by atoms with Gasteiger partial charge in [0.05, 0.1) is 28.9 Å². The van der Waals surface area contributed by atoms with Crippen molar-refractivity contribution in [3.8, 4) is 16.3 Å². The van der Waals surface area contributed by atoms with E-state index in [0.717, 1.165) is 41.5 Å². The van der Waals surface area contributed by atoms with E-state index >= 15 is 0 Å². The van der Waals surface area contributed by atoms with Crippen LogP contribution in [0.3, 0.4) is 0 Å². The minimum atomic E-state index is -0.346. The number of methoxy groups -OCH3 is 1. The second-order valence-electron chi connectivity index (χ2n) is 5.60. The summed E-state index contributed by atoms with van der Waals surface area (Å²) in [6.45, 7) is 1.70. The first-order chi connectivity index (χ1) is 11.8. The van der Waals surface area contributed by atoms with E-state index in [-0.39, 0.29) is 5.97 Å². The first-order valence-electron chi connectivity index (χ1n) is 7.82. The van der Waals surface area contributed by atoms with Gasteiger partial charge in [0.2, 0.25) is 0 Å². The summed E-state index contributed by atoms with van der Waals surface area (Å²) in [7, 11) is 1.40. The van der Waals surface area contributed by atoms with Gasteiger partial charge in [-0.3, -0.25) is 0 Å². The Morgan fingerprint density at radius 3 is 2.96 bits per heavy atom. The average Bonchev–Trinajstić information content (AvgIpc) is 3.28. The summed E-state index contributed by atoms with van der Waals surface area (Å²) >= 11 is 1.68. The molecule has 0 amide bonds. The van der Waals surface area contributed by atoms with Gasteiger partial charge in [0.25, 0.3) is 0 Å². The molecule has 1 aromatic carbocycles. The van der Waals surface area contributed by atoms with E-state index < -0.39 is 0 Å². The minimum absolute atomic E-state index is 0.346. The van der Waals surface area contributed by atoms with Gasteiger partial charge < -0.3 is 10.1 Å². The third-order valence-corrected chi connectivity index (χ3v) is 5.10. The fraction of sp³-hybridized carbons (Fsp3) is 0.222.